The van der Waals surface area contributed by atoms with Crippen molar-refractivity contribution in [2.45, 2.75) is 25.1 Å². The van der Waals surface area contributed by atoms with Crippen LogP contribution >= 0.6 is 12.2 Å². The van der Waals surface area contributed by atoms with Crippen LogP contribution < -0.4 is 10.6 Å². The molecule has 0 radical (unpaired) electrons. The van der Waals surface area contributed by atoms with Gasteiger partial charge in [-0.15, -0.1) is 0 Å². The van der Waals surface area contributed by atoms with E-state index in [9.17, 15) is 0 Å². The largest absolute Gasteiger partial charge is 0.376 e. The lowest BCUT2D eigenvalue weighted by molar-refractivity contribution is 0.0911. The van der Waals surface area contributed by atoms with Gasteiger partial charge in [0.2, 0.25) is 0 Å². The van der Waals surface area contributed by atoms with Crippen molar-refractivity contribution in [2.24, 2.45) is 5.10 Å². The highest BCUT2D eigenvalue weighted by atomic mass is 32.1. The van der Waals surface area contributed by atoms with Crippen molar-refractivity contribution < 1.29 is 4.74 Å². The van der Waals surface area contributed by atoms with Gasteiger partial charge in [-0.05, 0) is 31.1 Å². The van der Waals surface area contributed by atoms with E-state index in [4.69, 9.17) is 22.1 Å². The number of thiocarbonyl (C=S) groups is 1. The summed E-state index contributed by atoms with van der Waals surface area (Å²) in [5.41, 5.74) is 3.25. The van der Waals surface area contributed by atoms with Gasteiger partial charge < -0.3 is 15.4 Å². The Hall–Kier alpha value is -1.66. The number of hydrazone groups is 1. The molecule has 0 amide bonds. The first-order valence-corrected chi connectivity index (χ1v) is 7.36. The van der Waals surface area contributed by atoms with Gasteiger partial charge in [0.25, 0.3) is 0 Å². The van der Waals surface area contributed by atoms with E-state index in [2.05, 4.69) is 22.8 Å². The molecule has 0 aliphatic carbocycles. The fraction of sp³-hybridized carbons (Fsp3) is 0.429. The first-order valence-electron chi connectivity index (χ1n) is 6.95. The molecule has 0 unspecified atom stereocenters. The van der Waals surface area contributed by atoms with Crippen LogP contribution in [0.25, 0.3) is 0 Å². The molecule has 104 valence electrons. The van der Waals surface area contributed by atoms with Crippen LogP contribution in [0.3, 0.4) is 0 Å². The van der Waals surface area contributed by atoms with Gasteiger partial charge in [0.15, 0.2) is 5.11 Å². The van der Waals surface area contributed by atoms with Crippen molar-refractivity contribution in [1.82, 2.24) is 10.3 Å². The molecule has 0 spiro atoms. The van der Waals surface area contributed by atoms with Crippen LogP contribution in [0.4, 0.5) is 5.69 Å². The minimum atomic E-state index is -0.0133. The Morgan fingerprint density at radius 1 is 1.35 bits per heavy atom. The molecule has 1 aromatic carbocycles. The Morgan fingerprint density at radius 2 is 2.25 bits per heavy atom. The van der Waals surface area contributed by atoms with Gasteiger partial charge >= 0.3 is 0 Å². The molecule has 2 N–H and O–H groups in total. The van der Waals surface area contributed by atoms with Crippen molar-refractivity contribution in [3.05, 3.63) is 29.8 Å². The molecule has 5 nitrogen and oxygen atoms in total. The molecule has 0 bridgehead atoms. The normalized spacial score (nSPS) is 27.5. The van der Waals surface area contributed by atoms with Crippen LogP contribution in [-0.2, 0) is 4.74 Å². The maximum absolute atomic E-state index is 5.67. The number of ether oxygens (including phenoxy) is 1. The van der Waals surface area contributed by atoms with Crippen LogP contribution in [-0.4, -0.2) is 41.3 Å². The highest BCUT2D eigenvalue weighted by Crippen LogP contribution is 2.27. The Kier molecular flexibility index (Phi) is 2.85. The number of rotatable bonds is 2. The molecule has 3 heterocycles. The second-order valence-corrected chi connectivity index (χ2v) is 5.66. The van der Waals surface area contributed by atoms with E-state index in [0.29, 0.717) is 5.11 Å². The van der Waals surface area contributed by atoms with E-state index in [0.717, 1.165) is 43.0 Å². The smallest absolute Gasteiger partial charge is 0.191 e. The van der Waals surface area contributed by atoms with Gasteiger partial charge in [-0.1, -0.05) is 18.2 Å². The minimum absolute atomic E-state index is 0.0133. The SMILES string of the molecule is S=C1N[C@@H]2Nc3ccccc3C2=NN1C[C@H]1CCCO1. The summed E-state index contributed by atoms with van der Waals surface area (Å²) in [4.78, 5) is 0. The molecule has 20 heavy (non-hydrogen) atoms. The molecule has 6 heteroatoms. The van der Waals surface area contributed by atoms with E-state index in [-0.39, 0.29) is 12.3 Å². The first kappa shape index (κ1) is 12.1. The molecular weight excluding hydrogens is 272 g/mol. The highest BCUT2D eigenvalue weighted by Gasteiger charge is 2.34. The number of nitrogens with zero attached hydrogens (tertiary/aromatic N) is 2. The van der Waals surface area contributed by atoms with Crippen molar-refractivity contribution in [2.75, 3.05) is 18.5 Å². The number of hydrogen-bond donors (Lipinski definition) is 2. The van der Waals surface area contributed by atoms with Crippen LogP contribution in [0.5, 0.6) is 0 Å². The zero-order valence-corrected chi connectivity index (χ0v) is 11.8. The quantitative estimate of drug-likeness (QED) is 0.808. The van der Waals surface area contributed by atoms with E-state index in [1.165, 1.54) is 0 Å². The molecule has 0 aromatic heterocycles. The van der Waals surface area contributed by atoms with Crippen molar-refractivity contribution in [1.29, 1.82) is 0 Å². The maximum atomic E-state index is 5.67. The average molecular weight is 288 g/mol. The number of benzene rings is 1. The van der Waals surface area contributed by atoms with Crippen molar-refractivity contribution >= 4 is 28.7 Å². The Balaban J connectivity index is 1.62. The van der Waals surface area contributed by atoms with Crippen LogP contribution in [0.15, 0.2) is 29.4 Å². The van der Waals surface area contributed by atoms with Gasteiger partial charge in [0.1, 0.15) is 11.9 Å². The number of hydrogen-bond acceptors (Lipinski definition) is 4. The lowest BCUT2D eigenvalue weighted by atomic mass is 10.1. The number of fused-ring (bicyclic) bond motifs is 3. The minimum Gasteiger partial charge on any atom is -0.376 e. The summed E-state index contributed by atoms with van der Waals surface area (Å²) in [6.07, 6.45) is 2.44. The molecule has 3 aliphatic rings. The third-order valence-electron chi connectivity index (χ3n) is 3.91. The average Bonchev–Trinajstić information content (AvgIpc) is 3.07. The van der Waals surface area contributed by atoms with Crippen LogP contribution in [0.1, 0.15) is 18.4 Å². The monoisotopic (exact) mass is 288 g/mol. The summed E-state index contributed by atoms with van der Waals surface area (Å²) >= 11 is 5.41. The van der Waals surface area contributed by atoms with Crippen LogP contribution in [0, 0.1) is 0 Å². The standard InChI is InChI=1S/C14H16N4OS/c20-14-16-13-12(10-5-1-2-6-11(10)15-13)17-18(14)8-9-4-3-7-19-9/h1-2,5-6,9,13,15H,3-4,7-8H2,(H,16,20)/t9-,13+/m1/s1. The molecule has 1 aromatic rings. The lowest BCUT2D eigenvalue weighted by Gasteiger charge is -2.31. The predicted molar refractivity (Wildman–Crippen MR) is 81.8 cm³/mol. The number of para-hydroxylation sites is 1. The summed E-state index contributed by atoms with van der Waals surface area (Å²) < 4.78 is 5.67. The maximum Gasteiger partial charge on any atom is 0.191 e. The molecule has 4 rings (SSSR count). The third kappa shape index (κ3) is 1.96. The molecular formula is C14H16N4OS. The fourth-order valence-electron chi connectivity index (χ4n) is 2.91. The lowest BCUT2D eigenvalue weighted by Crippen LogP contribution is -2.54. The van der Waals surface area contributed by atoms with Crippen LogP contribution in [0.2, 0.25) is 0 Å². The first-order chi connectivity index (χ1) is 9.81. The molecule has 1 fully saturated rings. The van der Waals surface area contributed by atoms with Crippen molar-refractivity contribution in [3.8, 4) is 0 Å². The summed E-state index contributed by atoms with van der Waals surface area (Å²) in [5.74, 6) is 0. The summed E-state index contributed by atoms with van der Waals surface area (Å²) in [5, 5.41) is 14.0. The van der Waals surface area contributed by atoms with E-state index < -0.39 is 0 Å². The highest BCUT2D eigenvalue weighted by molar-refractivity contribution is 7.80. The molecule has 1 saturated heterocycles. The Bertz CT molecular complexity index is 582. The Morgan fingerprint density at radius 3 is 3.10 bits per heavy atom. The van der Waals surface area contributed by atoms with Gasteiger partial charge in [-0.25, -0.2) is 5.01 Å². The van der Waals surface area contributed by atoms with Gasteiger partial charge in [-0.3, -0.25) is 0 Å². The Labute approximate surface area is 123 Å². The van der Waals surface area contributed by atoms with Gasteiger partial charge in [-0.2, -0.15) is 5.10 Å². The number of nitrogens with one attached hydrogen (secondary N) is 2. The molecule has 0 saturated carbocycles. The number of anilines is 1. The van der Waals surface area contributed by atoms with E-state index in [1.807, 2.05) is 17.1 Å². The fourth-order valence-corrected chi connectivity index (χ4v) is 3.14. The van der Waals surface area contributed by atoms with Gasteiger partial charge in [0, 0.05) is 17.9 Å². The summed E-state index contributed by atoms with van der Waals surface area (Å²) in [7, 11) is 0. The van der Waals surface area contributed by atoms with E-state index in [1.54, 1.807) is 0 Å². The topological polar surface area (TPSA) is 48.9 Å². The second-order valence-electron chi connectivity index (χ2n) is 5.27. The zero-order chi connectivity index (χ0) is 13.5. The summed E-state index contributed by atoms with van der Waals surface area (Å²) in [6.45, 7) is 1.58. The predicted octanol–water partition coefficient (Wildman–Crippen LogP) is 1.51. The molecule has 3 aliphatic heterocycles. The zero-order valence-electron chi connectivity index (χ0n) is 11.0. The second kappa shape index (κ2) is 4.71. The third-order valence-corrected chi connectivity index (χ3v) is 4.24. The van der Waals surface area contributed by atoms with Gasteiger partial charge in [0.05, 0.1) is 12.6 Å². The van der Waals surface area contributed by atoms with Crippen molar-refractivity contribution in [3.63, 3.8) is 0 Å². The molecule has 2 atom stereocenters. The van der Waals surface area contributed by atoms with E-state index >= 15 is 0 Å². The summed E-state index contributed by atoms with van der Waals surface area (Å²) in [6, 6.07) is 8.20.